The maximum absolute atomic E-state index is 12.9. The second-order valence-corrected chi connectivity index (χ2v) is 9.04. The molecule has 1 spiro atoms. The predicted molar refractivity (Wildman–Crippen MR) is 115 cm³/mol. The maximum atomic E-state index is 12.9. The van der Waals surface area contributed by atoms with Gasteiger partial charge in [0.05, 0.1) is 5.56 Å². The van der Waals surface area contributed by atoms with Crippen molar-refractivity contribution in [2.45, 2.75) is 64.3 Å². The molecule has 2 amide bonds. The van der Waals surface area contributed by atoms with E-state index in [4.69, 9.17) is 0 Å². The van der Waals surface area contributed by atoms with E-state index >= 15 is 0 Å². The van der Waals surface area contributed by atoms with Crippen LogP contribution in [0.3, 0.4) is 0 Å². The van der Waals surface area contributed by atoms with Crippen LogP contribution in [0.4, 0.5) is 0 Å². The minimum Gasteiger partial charge on any atom is -0.354 e. The Hall–Kier alpha value is -1.95. The minimum absolute atomic E-state index is 0.00520. The molecule has 0 atom stereocenters. The van der Waals surface area contributed by atoms with Gasteiger partial charge < -0.3 is 10.2 Å². The third-order valence-corrected chi connectivity index (χ3v) is 6.29. The molecule has 2 fully saturated rings. The first-order valence-electron chi connectivity index (χ1n) is 11.2. The summed E-state index contributed by atoms with van der Waals surface area (Å²) in [5.74, 6) is 0.667. The summed E-state index contributed by atoms with van der Waals surface area (Å²) in [7, 11) is 0. The van der Waals surface area contributed by atoms with Gasteiger partial charge in [0.1, 0.15) is 0 Å². The predicted octanol–water partition coefficient (Wildman–Crippen LogP) is 3.09. The van der Waals surface area contributed by atoms with Gasteiger partial charge in [0, 0.05) is 57.1 Å². The first-order valence-corrected chi connectivity index (χ1v) is 11.2. The summed E-state index contributed by atoms with van der Waals surface area (Å²) in [5, 5.41) is 3.09. The van der Waals surface area contributed by atoms with Crippen LogP contribution >= 0.6 is 0 Å². The Kier molecular flexibility index (Phi) is 7.64. The Balaban J connectivity index is 1.77. The summed E-state index contributed by atoms with van der Waals surface area (Å²) in [6, 6.07) is 3.60. The Morgan fingerprint density at radius 1 is 1.17 bits per heavy atom. The minimum atomic E-state index is -0.0187. The molecule has 1 saturated carbocycles. The van der Waals surface area contributed by atoms with Gasteiger partial charge in [0.15, 0.2) is 0 Å². The van der Waals surface area contributed by atoms with Gasteiger partial charge in [-0.1, -0.05) is 33.1 Å². The normalized spacial score (nSPS) is 21.6. The van der Waals surface area contributed by atoms with Crippen LogP contribution in [0.1, 0.15) is 69.2 Å². The van der Waals surface area contributed by atoms with Gasteiger partial charge in [0.25, 0.3) is 5.91 Å². The Bertz CT molecular complexity index is 671. The summed E-state index contributed by atoms with van der Waals surface area (Å²) < 4.78 is 0. The van der Waals surface area contributed by atoms with Crippen molar-refractivity contribution in [3.05, 3.63) is 30.1 Å². The van der Waals surface area contributed by atoms with Gasteiger partial charge in [-0.3, -0.25) is 19.5 Å². The van der Waals surface area contributed by atoms with Crippen molar-refractivity contribution in [3.63, 3.8) is 0 Å². The number of hydrogen-bond acceptors (Lipinski definition) is 4. The number of carbonyl (C=O) groups excluding carboxylic acids is 2. The zero-order chi connectivity index (χ0) is 20.7. The monoisotopic (exact) mass is 400 g/mol. The molecule has 1 saturated heterocycles. The lowest BCUT2D eigenvalue weighted by Crippen LogP contribution is -2.54. The van der Waals surface area contributed by atoms with Crippen molar-refractivity contribution in [1.82, 2.24) is 20.1 Å². The number of aromatic nitrogens is 1. The van der Waals surface area contributed by atoms with Gasteiger partial charge in [0.2, 0.25) is 5.91 Å². The lowest BCUT2D eigenvalue weighted by Gasteiger charge is -2.47. The topological polar surface area (TPSA) is 65.5 Å². The molecule has 3 rings (SSSR count). The number of rotatable bonds is 3. The molecular formula is C23H36N4O2. The fourth-order valence-corrected chi connectivity index (χ4v) is 4.91. The molecule has 6 heteroatoms. The van der Waals surface area contributed by atoms with E-state index in [-0.39, 0.29) is 17.4 Å². The van der Waals surface area contributed by atoms with Gasteiger partial charge in [-0.05, 0) is 37.3 Å². The van der Waals surface area contributed by atoms with Crippen LogP contribution in [-0.2, 0) is 4.79 Å². The van der Waals surface area contributed by atoms with E-state index in [1.165, 1.54) is 19.3 Å². The van der Waals surface area contributed by atoms with E-state index in [0.717, 1.165) is 32.4 Å². The van der Waals surface area contributed by atoms with Gasteiger partial charge in [-0.15, -0.1) is 0 Å². The second kappa shape index (κ2) is 10.2. The van der Waals surface area contributed by atoms with E-state index < -0.39 is 0 Å². The molecule has 1 aromatic heterocycles. The van der Waals surface area contributed by atoms with Crippen molar-refractivity contribution < 1.29 is 9.59 Å². The highest BCUT2D eigenvalue weighted by Crippen LogP contribution is 2.37. The highest BCUT2D eigenvalue weighted by atomic mass is 16.2. The van der Waals surface area contributed by atoms with Crippen LogP contribution in [0.15, 0.2) is 24.5 Å². The van der Waals surface area contributed by atoms with Crippen LogP contribution < -0.4 is 5.32 Å². The van der Waals surface area contributed by atoms with E-state index in [9.17, 15) is 9.59 Å². The molecule has 1 aliphatic heterocycles. The highest BCUT2D eigenvalue weighted by Gasteiger charge is 2.40. The zero-order valence-electron chi connectivity index (χ0n) is 18.0. The quantitative estimate of drug-likeness (QED) is 0.847. The molecule has 2 aliphatic rings. The summed E-state index contributed by atoms with van der Waals surface area (Å²) in [6.45, 7) is 8.18. The van der Waals surface area contributed by atoms with Crippen molar-refractivity contribution in [2.24, 2.45) is 5.92 Å². The molecule has 0 bridgehead atoms. The van der Waals surface area contributed by atoms with Crippen molar-refractivity contribution >= 4 is 11.8 Å². The average Bonchev–Trinajstić information content (AvgIpc) is 2.74. The number of nitrogens with one attached hydrogen (secondary N) is 1. The van der Waals surface area contributed by atoms with E-state index in [1.807, 2.05) is 4.90 Å². The van der Waals surface area contributed by atoms with Gasteiger partial charge >= 0.3 is 0 Å². The third kappa shape index (κ3) is 5.78. The molecule has 0 aromatic carbocycles. The average molecular weight is 401 g/mol. The summed E-state index contributed by atoms with van der Waals surface area (Å²) in [4.78, 5) is 34.3. The van der Waals surface area contributed by atoms with Crippen LogP contribution in [0.25, 0.3) is 0 Å². The van der Waals surface area contributed by atoms with Crippen molar-refractivity contribution in [1.29, 1.82) is 0 Å². The molecular weight excluding hydrogens is 364 g/mol. The molecule has 2 heterocycles. The molecule has 1 aromatic rings. The number of amides is 2. The maximum Gasteiger partial charge on any atom is 0.255 e. The van der Waals surface area contributed by atoms with E-state index in [0.29, 0.717) is 37.5 Å². The Morgan fingerprint density at radius 3 is 2.66 bits per heavy atom. The standard InChI is InChI=1S/C23H36N4O2/c1-19(2)18-27-14-7-13-26(22(29)20-8-6-11-24-17-20)15-12-25-21(28)16-23(27)9-4-3-5-10-23/h6,8,11,17,19H,3-5,7,9-10,12-16,18H2,1-2H3,(H,25,28). The van der Waals surface area contributed by atoms with Gasteiger partial charge in [-0.2, -0.15) is 0 Å². The fraction of sp³-hybridized carbons (Fsp3) is 0.696. The molecule has 0 radical (unpaired) electrons. The largest absolute Gasteiger partial charge is 0.354 e. The Morgan fingerprint density at radius 2 is 1.97 bits per heavy atom. The van der Waals surface area contributed by atoms with Crippen molar-refractivity contribution in [2.75, 3.05) is 32.7 Å². The molecule has 29 heavy (non-hydrogen) atoms. The van der Waals surface area contributed by atoms with E-state index in [1.54, 1.807) is 24.5 Å². The lowest BCUT2D eigenvalue weighted by molar-refractivity contribution is -0.125. The number of carbonyl (C=O) groups is 2. The first-order chi connectivity index (χ1) is 14.0. The molecule has 6 nitrogen and oxygen atoms in total. The molecule has 160 valence electrons. The molecule has 0 unspecified atom stereocenters. The Labute approximate surface area is 175 Å². The second-order valence-electron chi connectivity index (χ2n) is 9.04. The van der Waals surface area contributed by atoms with Crippen LogP contribution in [0.2, 0.25) is 0 Å². The first kappa shape index (κ1) is 21.8. The third-order valence-electron chi connectivity index (χ3n) is 6.29. The summed E-state index contributed by atoms with van der Waals surface area (Å²) >= 11 is 0. The smallest absolute Gasteiger partial charge is 0.255 e. The molecule has 1 N–H and O–H groups in total. The fourth-order valence-electron chi connectivity index (χ4n) is 4.91. The lowest BCUT2D eigenvalue weighted by atomic mass is 9.77. The van der Waals surface area contributed by atoms with Crippen molar-refractivity contribution in [3.8, 4) is 0 Å². The SMILES string of the molecule is CC(C)CN1CCCN(C(=O)c2cccnc2)CCNC(=O)CC12CCCCC2. The van der Waals surface area contributed by atoms with Gasteiger partial charge in [-0.25, -0.2) is 0 Å². The number of hydrogen-bond donors (Lipinski definition) is 1. The zero-order valence-corrected chi connectivity index (χ0v) is 18.0. The van der Waals surface area contributed by atoms with E-state index in [2.05, 4.69) is 29.0 Å². The number of pyridine rings is 1. The van der Waals surface area contributed by atoms with Crippen LogP contribution in [0, 0.1) is 5.92 Å². The molecule has 1 aliphatic carbocycles. The summed E-state index contributed by atoms with van der Waals surface area (Å²) in [6.07, 6.45) is 10.7. The van der Waals surface area contributed by atoms with Crippen LogP contribution in [-0.4, -0.2) is 64.9 Å². The number of nitrogens with zero attached hydrogens (tertiary/aromatic N) is 3. The summed E-state index contributed by atoms with van der Waals surface area (Å²) in [5.41, 5.74) is 0.589. The highest BCUT2D eigenvalue weighted by molar-refractivity contribution is 5.93. The van der Waals surface area contributed by atoms with Crippen LogP contribution in [0.5, 0.6) is 0 Å².